The molecule has 2 nitrogen and oxygen atoms in total. The molecular formula is C12H16O2. The van der Waals surface area contributed by atoms with E-state index in [0.717, 1.165) is 6.42 Å². The third kappa shape index (κ3) is 3.21. The highest BCUT2D eigenvalue weighted by molar-refractivity contribution is 5.36. The molecule has 1 unspecified atom stereocenters. The van der Waals surface area contributed by atoms with Gasteiger partial charge in [-0.15, -0.1) is 0 Å². The molecule has 0 heterocycles. The molecule has 1 aromatic rings. The topological polar surface area (TPSA) is 26.3 Å². The van der Waals surface area contributed by atoms with Crippen molar-refractivity contribution in [3.8, 4) is 0 Å². The van der Waals surface area contributed by atoms with Crippen molar-refractivity contribution in [2.75, 3.05) is 6.61 Å². The number of hydrogen-bond acceptors (Lipinski definition) is 2. The lowest BCUT2D eigenvalue weighted by atomic mass is 9.97. The Bertz CT molecular complexity index is 294. The van der Waals surface area contributed by atoms with Gasteiger partial charge in [-0.25, -0.2) is 0 Å². The highest BCUT2D eigenvalue weighted by Crippen LogP contribution is 2.19. The van der Waals surface area contributed by atoms with Crippen LogP contribution in [-0.4, -0.2) is 13.1 Å². The number of benzene rings is 1. The highest BCUT2D eigenvalue weighted by Gasteiger charge is 2.04. The van der Waals surface area contributed by atoms with Crippen molar-refractivity contribution in [1.29, 1.82) is 0 Å². The molecule has 0 radical (unpaired) electrons. The van der Waals surface area contributed by atoms with E-state index >= 15 is 0 Å². The van der Waals surface area contributed by atoms with Crippen LogP contribution in [0.1, 0.15) is 30.4 Å². The molecule has 0 spiro atoms. The number of rotatable bonds is 5. The zero-order chi connectivity index (χ0) is 10.4. The Morgan fingerprint density at radius 1 is 1.50 bits per heavy atom. The zero-order valence-corrected chi connectivity index (χ0v) is 8.69. The lowest BCUT2D eigenvalue weighted by Gasteiger charge is -2.11. The molecule has 1 aromatic carbocycles. The first-order chi connectivity index (χ1) is 6.74. The maximum absolute atomic E-state index is 9.95. The normalized spacial score (nSPS) is 12.1. The van der Waals surface area contributed by atoms with Gasteiger partial charge in [0, 0.05) is 0 Å². The van der Waals surface area contributed by atoms with Crippen molar-refractivity contribution in [2.45, 2.75) is 26.2 Å². The smallest absolute Gasteiger partial charge is 0.293 e. The van der Waals surface area contributed by atoms with Crippen LogP contribution in [0.25, 0.3) is 0 Å². The fourth-order valence-electron chi connectivity index (χ4n) is 1.44. The number of carbonyl (C=O) groups is 1. The monoisotopic (exact) mass is 192 g/mol. The van der Waals surface area contributed by atoms with Crippen LogP contribution in [0.4, 0.5) is 0 Å². The second kappa shape index (κ2) is 5.43. The minimum atomic E-state index is 0.440. The summed E-state index contributed by atoms with van der Waals surface area (Å²) in [4.78, 5) is 9.95. The summed E-state index contributed by atoms with van der Waals surface area (Å²) in [7, 11) is 0. The fourth-order valence-corrected chi connectivity index (χ4v) is 1.44. The Balaban J connectivity index is 2.51. The second-order valence-electron chi connectivity index (χ2n) is 3.57. The molecule has 0 saturated carbocycles. The Hall–Kier alpha value is -1.31. The number of ether oxygens (including phenoxy) is 1. The van der Waals surface area contributed by atoms with Crippen molar-refractivity contribution in [3.05, 3.63) is 35.4 Å². The number of carbonyl (C=O) groups excluding carboxylic acids is 1. The molecule has 14 heavy (non-hydrogen) atoms. The molecule has 1 rings (SSSR count). The van der Waals surface area contributed by atoms with E-state index in [4.69, 9.17) is 0 Å². The number of aryl methyl sites for hydroxylation is 1. The van der Waals surface area contributed by atoms with Crippen LogP contribution in [-0.2, 0) is 9.53 Å². The van der Waals surface area contributed by atoms with Crippen LogP contribution < -0.4 is 0 Å². The predicted octanol–water partition coefficient (Wildman–Crippen LogP) is 2.66. The van der Waals surface area contributed by atoms with Gasteiger partial charge in [-0.1, -0.05) is 36.8 Å². The minimum Gasteiger partial charge on any atom is -0.468 e. The van der Waals surface area contributed by atoms with E-state index in [9.17, 15) is 4.79 Å². The number of hydrogen-bond donors (Lipinski definition) is 0. The fraction of sp³-hybridized carbons (Fsp3) is 0.417. The summed E-state index contributed by atoms with van der Waals surface area (Å²) in [6.07, 6.45) is 0.877. The Morgan fingerprint density at radius 2 is 2.29 bits per heavy atom. The maximum atomic E-state index is 9.95. The quantitative estimate of drug-likeness (QED) is 0.529. The summed E-state index contributed by atoms with van der Waals surface area (Å²) in [6, 6.07) is 8.42. The average Bonchev–Trinajstić information content (AvgIpc) is 2.18. The van der Waals surface area contributed by atoms with Crippen molar-refractivity contribution in [1.82, 2.24) is 0 Å². The van der Waals surface area contributed by atoms with Crippen molar-refractivity contribution in [3.63, 3.8) is 0 Å². The summed E-state index contributed by atoms with van der Waals surface area (Å²) < 4.78 is 4.68. The van der Waals surface area contributed by atoms with Gasteiger partial charge < -0.3 is 4.74 Å². The lowest BCUT2D eigenvalue weighted by Crippen LogP contribution is -2.00. The molecule has 0 aliphatic heterocycles. The van der Waals surface area contributed by atoms with Gasteiger partial charge in [-0.05, 0) is 24.8 Å². The minimum absolute atomic E-state index is 0.440. The molecular weight excluding hydrogens is 176 g/mol. The summed E-state index contributed by atoms with van der Waals surface area (Å²) in [5, 5.41) is 0. The van der Waals surface area contributed by atoms with E-state index in [1.54, 1.807) is 0 Å². The largest absolute Gasteiger partial charge is 0.468 e. The molecule has 0 aliphatic rings. The van der Waals surface area contributed by atoms with Gasteiger partial charge >= 0.3 is 0 Å². The molecule has 0 aliphatic carbocycles. The van der Waals surface area contributed by atoms with Crippen LogP contribution in [0.3, 0.4) is 0 Å². The van der Waals surface area contributed by atoms with Crippen LogP contribution >= 0.6 is 0 Å². The molecule has 2 heteroatoms. The Morgan fingerprint density at radius 3 is 2.93 bits per heavy atom. The first-order valence-corrected chi connectivity index (χ1v) is 4.86. The van der Waals surface area contributed by atoms with E-state index in [1.807, 2.05) is 0 Å². The van der Waals surface area contributed by atoms with Gasteiger partial charge in [0.25, 0.3) is 6.47 Å². The first-order valence-electron chi connectivity index (χ1n) is 4.86. The molecule has 0 saturated heterocycles. The van der Waals surface area contributed by atoms with Crippen molar-refractivity contribution >= 4 is 6.47 Å². The first kappa shape index (κ1) is 10.8. The van der Waals surface area contributed by atoms with Gasteiger partial charge in [0.2, 0.25) is 0 Å². The molecule has 0 N–H and O–H groups in total. The maximum Gasteiger partial charge on any atom is 0.293 e. The van der Waals surface area contributed by atoms with Gasteiger partial charge in [0.1, 0.15) is 0 Å². The van der Waals surface area contributed by atoms with Crippen LogP contribution in [0.5, 0.6) is 0 Å². The standard InChI is InChI=1S/C12H16O2/c1-10-4-3-5-12(8-10)11(2)6-7-14-9-13/h3-5,8-9,11H,6-7H2,1-2H3. The van der Waals surface area contributed by atoms with Gasteiger partial charge in [0.15, 0.2) is 0 Å². The van der Waals surface area contributed by atoms with Gasteiger partial charge in [-0.3, -0.25) is 4.79 Å². The Labute approximate surface area is 84.9 Å². The van der Waals surface area contributed by atoms with Gasteiger partial charge in [-0.2, -0.15) is 0 Å². The molecule has 76 valence electrons. The predicted molar refractivity (Wildman–Crippen MR) is 56.2 cm³/mol. The molecule has 0 aromatic heterocycles. The summed E-state index contributed by atoms with van der Waals surface area (Å²) >= 11 is 0. The van der Waals surface area contributed by atoms with Crippen LogP contribution in [0.15, 0.2) is 24.3 Å². The van der Waals surface area contributed by atoms with E-state index in [-0.39, 0.29) is 0 Å². The van der Waals surface area contributed by atoms with Crippen LogP contribution in [0.2, 0.25) is 0 Å². The average molecular weight is 192 g/mol. The van der Waals surface area contributed by atoms with E-state index < -0.39 is 0 Å². The molecule has 0 amide bonds. The SMILES string of the molecule is Cc1cccc(C(C)CCOC=O)c1. The van der Waals surface area contributed by atoms with E-state index in [2.05, 4.69) is 42.8 Å². The van der Waals surface area contributed by atoms with E-state index in [0.29, 0.717) is 19.0 Å². The van der Waals surface area contributed by atoms with Crippen LogP contribution in [0, 0.1) is 6.92 Å². The molecule has 1 atom stereocenters. The van der Waals surface area contributed by atoms with E-state index in [1.165, 1.54) is 11.1 Å². The molecule has 0 fully saturated rings. The lowest BCUT2D eigenvalue weighted by molar-refractivity contribution is -0.128. The summed E-state index contributed by atoms with van der Waals surface area (Å²) in [6.45, 7) is 5.22. The third-order valence-corrected chi connectivity index (χ3v) is 2.35. The summed E-state index contributed by atoms with van der Waals surface area (Å²) in [5.41, 5.74) is 2.57. The molecule has 0 bridgehead atoms. The van der Waals surface area contributed by atoms with Crippen molar-refractivity contribution in [2.24, 2.45) is 0 Å². The van der Waals surface area contributed by atoms with Crippen molar-refractivity contribution < 1.29 is 9.53 Å². The summed E-state index contributed by atoms with van der Waals surface area (Å²) in [5.74, 6) is 0.440. The van der Waals surface area contributed by atoms with Gasteiger partial charge in [0.05, 0.1) is 6.61 Å². The second-order valence-corrected chi connectivity index (χ2v) is 3.57. The third-order valence-electron chi connectivity index (χ3n) is 2.35. The Kier molecular flexibility index (Phi) is 4.17. The highest BCUT2D eigenvalue weighted by atomic mass is 16.5. The zero-order valence-electron chi connectivity index (χ0n) is 8.69.